The third kappa shape index (κ3) is 4.43. The van der Waals surface area contributed by atoms with Crippen LogP contribution < -0.4 is 11.2 Å². The Bertz CT molecular complexity index is 879. The van der Waals surface area contributed by atoms with Crippen molar-refractivity contribution in [2.75, 3.05) is 6.61 Å². The summed E-state index contributed by atoms with van der Waals surface area (Å²) in [6, 6.07) is 7.60. The summed E-state index contributed by atoms with van der Waals surface area (Å²) in [4.78, 5) is 12.2. The molecular formula is C18H20Cl2N4O3. The van der Waals surface area contributed by atoms with Crippen LogP contribution in [0.25, 0.3) is 0 Å². The highest BCUT2D eigenvalue weighted by Gasteiger charge is 2.33. The topological polar surface area (TPSA) is 114 Å². The second kappa shape index (κ2) is 8.92. The summed E-state index contributed by atoms with van der Waals surface area (Å²) in [5.41, 5.74) is 10.3. The van der Waals surface area contributed by atoms with Crippen molar-refractivity contribution in [3.05, 3.63) is 58.0 Å². The number of fused-ring (bicyclic) bond motifs is 1. The number of ether oxygens (including phenoxy) is 1. The van der Waals surface area contributed by atoms with E-state index in [1.807, 2.05) is 24.3 Å². The van der Waals surface area contributed by atoms with Gasteiger partial charge in [-0.25, -0.2) is 10.2 Å². The van der Waals surface area contributed by atoms with Gasteiger partial charge < -0.3 is 14.9 Å². The van der Waals surface area contributed by atoms with E-state index in [-0.39, 0.29) is 30.9 Å². The van der Waals surface area contributed by atoms with E-state index in [1.54, 1.807) is 6.92 Å². The lowest BCUT2D eigenvalue weighted by Gasteiger charge is -2.24. The number of hydrogen-bond donors (Lipinski definition) is 3. The van der Waals surface area contributed by atoms with Gasteiger partial charge in [0.05, 0.1) is 17.9 Å². The Morgan fingerprint density at radius 2 is 2.19 bits per heavy atom. The molecule has 9 heteroatoms. The average Bonchev–Trinajstić information content (AvgIpc) is 3.04. The van der Waals surface area contributed by atoms with Crippen LogP contribution in [-0.2, 0) is 11.2 Å². The number of guanidine groups is 1. The molecule has 1 unspecified atom stereocenters. The van der Waals surface area contributed by atoms with Gasteiger partial charge in [0.15, 0.2) is 0 Å². The van der Waals surface area contributed by atoms with E-state index in [0.717, 1.165) is 5.56 Å². The number of carbonyl (C=O) groups is 1. The molecule has 0 amide bonds. The van der Waals surface area contributed by atoms with Crippen molar-refractivity contribution in [2.45, 2.75) is 25.7 Å². The number of rotatable bonds is 4. The lowest BCUT2D eigenvalue weighted by molar-refractivity contribution is 0.0525. The van der Waals surface area contributed by atoms with Crippen LogP contribution in [0, 0.1) is 5.41 Å². The molecule has 144 valence electrons. The van der Waals surface area contributed by atoms with Gasteiger partial charge in [0.2, 0.25) is 5.96 Å². The maximum Gasteiger partial charge on any atom is 0.342 e. The number of hydrogen-bond acceptors (Lipinski definition) is 5. The first-order valence-corrected chi connectivity index (χ1v) is 8.57. The van der Waals surface area contributed by atoms with Crippen LogP contribution >= 0.6 is 24.0 Å². The van der Waals surface area contributed by atoms with E-state index in [9.17, 15) is 4.79 Å². The van der Waals surface area contributed by atoms with Gasteiger partial charge in [0, 0.05) is 11.4 Å². The molecule has 0 fully saturated rings. The van der Waals surface area contributed by atoms with Crippen LogP contribution in [0.4, 0.5) is 0 Å². The van der Waals surface area contributed by atoms with Gasteiger partial charge in [-0.15, -0.1) is 12.4 Å². The molecule has 0 saturated heterocycles. The van der Waals surface area contributed by atoms with Gasteiger partial charge in [-0.2, -0.15) is 5.10 Å². The number of carbonyl (C=O) groups excluding carboxylic acids is 1. The molecule has 2 aromatic rings. The zero-order valence-corrected chi connectivity index (χ0v) is 16.2. The van der Waals surface area contributed by atoms with Crippen molar-refractivity contribution in [3.8, 4) is 0 Å². The van der Waals surface area contributed by atoms with Gasteiger partial charge in [-0.05, 0) is 30.9 Å². The van der Waals surface area contributed by atoms with Crippen LogP contribution in [0.15, 0.2) is 40.0 Å². The zero-order valence-electron chi connectivity index (χ0n) is 14.6. The Hall–Kier alpha value is -2.51. The number of nitrogens with two attached hydrogens (primary N) is 1. The minimum Gasteiger partial charge on any atom is -0.468 e. The molecular weight excluding hydrogens is 391 g/mol. The number of esters is 1. The first-order valence-electron chi connectivity index (χ1n) is 8.20. The molecule has 7 nitrogen and oxygen atoms in total. The minimum atomic E-state index is -0.468. The summed E-state index contributed by atoms with van der Waals surface area (Å²) >= 11 is 6.34. The second-order valence-electron chi connectivity index (χ2n) is 5.88. The highest BCUT2D eigenvalue weighted by atomic mass is 35.5. The predicted molar refractivity (Wildman–Crippen MR) is 106 cm³/mol. The molecule has 27 heavy (non-hydrogen) atoms. The van der Waals surface area contributed by atoms with Gasteiger partial charge in [-0.3, -0.25) is 5.41 Å². The van der Waals surface area contributed by atoms with Crippen molar-refractivity contribution in [3.63, 3.8) is 0 Å². The van der Waals surface area contributed by atoms with E-state index in [0.29, 0.717) is 40.5 Å². The minimum absolute atomic E-state index is 0. The number of furan rings is 1. The first kappa shape index (κ1) is 20.8. The first-order chi connectivity index (χ1) is 12.5. The maximum atomic E-state index is 12.2. The lowest BCUT2D eigenvalue weighted by Crippen LogP contribution is -2.29. The summed E-state index contributed by atoms with van der Waals surface area (Å²) in [6.45, 7) is 2.00. The quantitative estimate of drug-likeness (QED) is 0.309. The van der Waals surface area contributed by atoms with Gasteiger partial charge in [0.1, 0.15) is 17.6 Å². The van der Waals surface area contributed by atoms with Crippen LogP contribution in [0.2, 0.25) is 5.02 Å². The van der Waals surface area contributed by atoms with Gasteiger partial charge >= 0.3 is 5.97 Å². The third-order valence-electron chi connectivity index (χ3n) is 4.18. The smallest absolute Gasteiger partial charge is 0.342 e. The van der Waals surface area contributed by atoms with E-state index < -0.39 is 5.97 Å². The predicted octanol–water partition coefficient (Wildman–Crippen LogP) is 3.45. The summed E-state index contributed by atoms with van der Waals surface area (Å²) < 4.78 is 10.7. The standard InChI is InChI=1S/C18H19ClN4O3.ClH/c1-2-25-17(24)12-9-26-15-8-10(11-5-3-4-6-13(11)19)7-14(16(12)15)22-23-18(20)21;/h3-6,9-10H,2,7-8H2,1H3,(H4,20,21,23);1H/b22-14+;. The molecule has 1 heterocycles. The summed E-state index contributed by atoms with van der Waals surface area (Å²) in [6.07, 6.45) is 2.49. The molecule has 0 bridgehead atoms. The molecule has 0 radical (unpaired) electrons. The average molecular weight is 411 g/mol. The Labute approximate surface area is 167 Å². The number of hydrazone groups is 1. The fourth-order valence-electron chi connectivity index (χ4n) is 3.11. The van der Waals surface area contributed by atoms with Crippen LogP contribution in [0.5, 0.6) is 0 Å². The molecule has 0 spiro atoms. The van der Waals surface area contributed by atoms with Crippen molar-refractivity contribution in [1.29, 1.82) is 5.41 Å². The Morgan fingerprint density at radius 3 is 2.85 bits per heavy atom. The monoisotopic (exact) mass is 410 g/mol. The van der Waals surface area contributed by atoms with Crippen LogP contribution in [-0.4, -0.2) is 24.2 Å². The van der Waals surface area contributed by atoms with E-state index in [1.165, 1.54) is 6.26 Å². The molecule has 1 aliphatic carbocycles. The SMILES string of the molecule is CCOC(=O)c1coc2c1/C(=N/NC(=N)N)CC(c1ccccc1Cl)C2.Cl. The van der Waals surface area contributed by atoms with Crippen LogP contribution in [0.1, 0.15) is 46.5 Å². The normalized spacial score (nSPS) is 17.0. The molecule has 1 aromatic carbocycles. The number of benzene rings is 1. The molecule has 1 atom stereocenters. The van der Waals surface area contributed by atoms with E-state index >= 15 is 0 Å². The van der Waals surface area contributed by atoms with Crippen molar-refractivity contribution < 1.29 is 13.9 Å². The Morgan fingerprint density at radius 1 is 1.44 bits per heavy atom. The molecule has 1 aliphatic rings. The second-order valence-corrected chi connectivity index (χ2v) is 6.29. The third-order valence-corrected chi connectivity index (χ3v) is 4.52. The maximum absolute atomic E-state index is 12.2. The summed E-state index contributed by atoms with van der Waals surface area (Å²) in [5, 5.41) is 12.2. The fourth-order valence-corrected chi connectivity index (χ4v) is 3.40. The molecule has 0 aliphatic heterocycles. The van der Waals surface area contributed by atoms with E-state index in [2.05, 4.69) is 10.5 Å². The summed E-state index contributed by atoms with van der Waals surface area (Å²) in [5.74, 6) is -0.0949. The molecule has 3 rings (SSSR count). The molecule has 0 saturated carbocycles. The zero-order chi connectivity index (χ0) is 18.7. The summed E-state index contributed by atoms with van der Waals surface area (Å²) in [7, 11) is 0. The van der Waals surface area contributed by atoms with Gasteiger partial charge in [-0.1, -0.05) is 29.8 Å². The number of nitrogens with one attached hydrogen (secondary N) is 2. The van der Waals surface area contributed by atoms with Crippen molar-refractivity contribution >= 4 is 41.6 Å². The van der Waals surface area contributed by atoms with E-state index in [4.69, 9.17) is 31.9 Å². The largest absolute Gasteiger partial charge is 0.468 e. The van der Waals surface area contributed by atoms with Crippen molar-refractivity contribution in [1.82, 2.24) is 5.43 Å². The van der Waals surface area contributed by atoms with Crippen LogP contribution in [0.3, 0.4) is 0 Å². The van der Waals surface area contributed by atoms with Crippen molar-refractivity contribution in [2.24, 2.45) is 10.8 Å². The Balaban J connectivity index is 0.00000261. The number of halogens is 2. The lowest BCUT2D eigenvalue weighted by atomic mass is 9.81. The highest BCUT2D eigenvalue weighted by molar-refractivity contribution is 6.31. The molecule has 4 N–H and O–H groups in total. The van der Waals surface area contributed by atoms with Gasteiger partial charge in [0.25, 0.3) is 0 Å². The number of nitrogens with zero attached hydrogens (tertiary/aromatic N) is 1. The Kier molecular flexibility index (Phi) is 6.87. The highest BCUT2D eigenvalue weighted by Crippen LogP contribution is 2.38. The fraction of sp³-hybridized carbons (Fsp3) is 0.278. The molecule has 1 aromatic heterocycles.